The van der Waals surface area contributed by atoms with Gasteiger partial charge in [0.2, 0.25) is 11.8 Å². The second-order valence-electron chi connectivity index (χ2n) is 9.07. The Bertz CT molecular complexity index is 1030. The van der Waals surface area contributed by atoms with Crippen molar-refractivity contribution in [2.75, 3.05) is 13.1 Å². The fourth-order valence-corrected chi connectivity index (χ4v) is 4.42. The van der Waals surface area contributed by atoms with Crippen molar-refractivity contribution in [2.24, 2.45) is 5.41 Å². The number of carbonyl (C=O) groups excluding carboxylic acids is 2. The molecule has 2 aliphatic heterocycles. The number of H-pyrrole nitrogens is 1. The Morgan fingerprint density at radius 2 is 2.03 bits per heavy atom. The number of nitrogens with one attached hydrogen (secondary N) is 1. The zero-order chi connectivity index (χ0) is 20.9. The lowest BCUT2D eigenvalue weighted by Gasteiger charge is -2.32. The minimum atomic E-state index is -0.463. The van der Waals surface area contributed by atoms with Crippen LogP contribution in [0, 0.1) is 5.41 Å². The monoisotopic (exact) mass is 399 g/mol. The summed E-state index contributed by atoms with van der Waals surface area (Å²) < 4.78 is 1.49. The number of likely N-dealkylation sites (tertiary alicyclic amines) is 1. The summed E-state index contributed by atoms with van der Waals surface area (Å²) in [5, 5.41) is 3.19. The van der Waals surface area contributed by atoms with E-state index in [1.54, 1.807) is 4.90 Å². The van der Waals surface area contributed by atoms with E-state index in [1.807, 2.05) is 38.7 Å². The maximum atomic E-state index is 13.1. The van der Waals surface area contributed by atoms with Gasteiger partial charge in [0.15, 0.2) is 5.65 Å². The molecule has 0 aromatic carbocycles. The Morgan fingerprint density at radius 3 is 2.72 bits per heavy atom. The van der Waals surface area contributed by atoms with Gasteiger partial charge in [-0.1, -0.05) is 27.7 Å². The number of hydrogen-bond acceptors (Lipinski definition) is 4. The van der Waals surface area contributed by atoms with Gasteiger partial charge in [0.1, 0.15) is 0 Å². The first-order valence-corrected chi connectivity index (χ1v) is 10.4. The highest BCUT2D eigenvalue weighted by atomic mass is 16.2. The predicted molar refractivity (Wildman–Crippen MR) is 108 cm³/mol. The van der Waals surface area contributed by atoms with Crippen LogP contribution in [0.3, 0.4) is 0 Å². The molecule has 0 saturated carbocycles. The van der Waals surface area contributed by atoms with Gasteiger partial charge in [-0.25, -0.2) is 9.50 Å². The molecule has 0 bridgehead atoms. The van der Waals surface area contributed by atoms with Crippen molar-refractivity contribution in [3.05, 3.63) is 33.4 Å². The minimum Gasteiger partial charge on any atom is -0.336 e. The van der Waals surface area contributed by atoms with Crippen LogP contribution in [0.25, 0.3) is 5.65 Å². The molecule has 1 atom stereocenters. The van der Waals surface area contributed by atoms with Crippen LogP contribution in [0.1, 0.15) is 70.0 Å². The van der Waals surface area contributed by atoms with Crippen molar-refractivity contribution in [3.63, 3.8) is 0 Å². The fourth-order valence-electron chi connectivity index (χ4n) is 4.42. The average Bonchev–Trinajstić information content (AvgIpc) is 3.32. The molecule has 8 nitrogen and oxygen atoms in total. The molecule has 2 aliphatic rings. The first-order valence-electron chi connectivity index (χ1n) is 10.4. The van der Waals surface area contributed by atoms with Crippen LogP contribution >= 0.6 is 0 Å². The molecular weight excluding hydrogens is 370 g/mol. The van der Waals surface area contributed by atoms with E-state index < -0.39 is 5.41 Å². The van der Waals surface area contributed by atoms with Crippen LogP contribution in [0.5, 0.6) is 0 Å². The lowest BCUT2D eigenvalue weighted by molar-refractivity contribution is -0.140. The Kier molecular flexibility index (Phi) is 4.75. The van der Waals surface area contributed by atoms with Gasteiger partial charge >= 0.3 is 0 Å². The van der Waals surface area contributed by atoms with E-state index in [9.17, 15) is 14.4 Å². The third-order valence-corrected chi connectivity index (χ3v) is 5.95. The van der Waals surface area contributed by atoms with Crippen molar-refractivity contribution in [1.29, 1.82) is 0 Å². The molecule has 4 rings (SSSR count). The summed E-state index contributed by atoms with van der Waals surface area (Å²) in [5.41, 5.74) is 2.17. The van der Waals surface area contributed by atoms with E-state index in [-0.39, 0.29) is 23.4 Å². The molecule has 0 aliphatic carbocycles. The quantitative estimate of drug-likeness (QED) is 0.837. The second-order valence-corrected chi connectivity index (χ2v) is 9.07. The summed E-state index contributed by atoms with van der Waals surface area (Å²) in [7, 11) is 0. The molecule has 2 amide bonds. The largest absolute Gasteiger partial charge is 0.336 e. The highest BCUT2D eigenvalue weighted by molar-refractivity contribution is 5.81. The van der Waals surface area contributed by atoms with Crippen LogP contribution in [0.4, 0.5) is 0 Å². The lowest BCUT2D eigenvalue weighted by Crippen LogP contribution is -2.44. The summed E-state index contributed by atoms with van der Waals surface area (Å²) in [5.74, 6) is 0.196. The zero-order valence-corrected chi connectivity index (χ0v) is 17.6. The van der Waals surface area contributed by atoms with E-state index in [2.05, 4.69) is 5.10 Å². The molecule has 8 heteroatoms. The van der Waals surface area contributed by atoms with Crippen LogP contribution in [0.2, 0.25) is 0 Å². The molecular formula is C21H29N5O3. The van der Waals surface area contributed by atoms with Crippen molar-refractivity contribution in [2.45, 2.75) is 66.0 Å². The molecule has 0 radical (unpaired) electrons. The number of hydrogen-bond donors (Lipinski definition) is 1. The van der Waals surface area contributed by atoms with Gasteiger partial charge < -0.3 is 9.80 Å². The number of aromatic nitrogens is 3. The minimum absolute atomic E-state index is 0.0421. The van der Waals surface area contributed by atoms with Gasteiger partial charge in [-0.15, -0.1) is 0 Å². The number of amides is 2. The molecule has 1 N–H and O–H groups in total. The predicted octanol–water partition coefficient (Wildman–Crippen LogP) is 2.03. The Balaban J connectivity index is 1.69. The van der Waals surface area contributed by atoms with Crippen LogP contribution < -0.4 is 5.56 Å². The smallest absolute Gasteiger partial charge is 0.276 e. The maximum absolute atomic E-state index is 13.1. The highest BCUT2D eigenvalue weighted by Crippen LogP contribution is 2.32. The van der Waals surface area contributed by atoms with Gasteiger partial charge in [-0.3, -0.25) is 19.5 Å². The molecule has 1 fully saturated rings. The van der Waals surface area contributed by atoms with Crippen molar-refractivity contribution >= 4 is 17.5 Å². The number of nitrogens with zero attached hydrogens (tertiary/aromatic N) is 4. The molecule has 1 saturated heterocycles. The van der Waals surface area contributed by atoms with E-state index in [4.69, 9.17) is 4.98 Å². The zero-order valence-electron chi connectivity index (χ0n) is 17.6. The molecule has 29 heavy (non-hydrogen) atoms. The van der Waals surface area contributed by atoms with Gasteiger partial charge in [0, 0.05) is 36.6 Å². The van der Waals surface area contributed by atoms with Crippen molar-refractivity contribution in [3.8, 4) is 0 Å². The van der Waals surface area contributed by atoms with Gasteiger partial charge in [0.05, 0.1) is 24.0 Å². The summed E-state index contributed by atoms with van der Waals surface area (Å²) in [6, 6.07) is 1.83. The van der Waals surface area contributed by atoms with Crippen molar-refractivity contribution in [1.82, 2.24) is 24.4 Å². The number of aromatic amines is 1. The van der Waals surface area contributed by atoms with Gasteiger partial charge in [-0.05, 0) is 19.3 Å². The SMILES string of the molecule is CCC(=O)N1CCC[C@@H]1c1cc2nc3c(c(=O)n2[nH]1)CCN(C(=O)C(C)(C)C)C3. The third-order valence-electron chi connectivity index (χ3n) is 5.95. The van der Waals surface area contributed by atoms with E-state index in [0.29, 0.717) is 42.8 Å². The van der Waals surface area contributed by atoms with Crippen LogP contribution in [-0.4, -0.2) is 49.3 Å². The van der Waals surface area contributed by atoms with Gasteiger partial charge in [-0.2, -0.15) is 0 Å². The molecule has 0 spiro atoms. The van der Waals surface area contributed by atoms with Crippen LogP contribution in [0.15, 0.2) is 10.9 Å². The first-order chi connectivity index (χ1) is 13.7. The molecule has 2 aromatic heterocycles. The second kappa shape index (κ2) is 7.00. The lowest BCUT2D eigenvalue weighted by atomic mass is 9.93. The Labute approximate surface area is 169 Å². The highest BCUT2D eigenvalue weighted by Gasteiger charge is 2.33. The van der Waals surface area contributed by atoms with Crippen LogP contribution in [-0.2, 0) is 22.6 Å². The van der Waals surface area contributed by atoms with E-state index >= 15 is 0 Å². The number of fused-ring (bicyclic) bond motifs is 2. The number of rotatable bonds is 2. The Morgan fingerprint density at radius 1 is 1.28 bits per heavy atom. The van der Waals surface area contributed by atoms with Gasteiger partial charge in [0.25, 0.3) is 5.56 Å². The topological polar surface area (TPSA) is 90.8 Å². The molecule has 0 unspecified atom stereocenters. The Hall–Kier alpha value is -2.64. The normalized spacial score (nSPS) is 19.7. The molecule has 2 aromatic rings. The summed E-state index contributed by atoms with van der Waals surface area (Å²) in [6.07, 6.45) is 2.81. The maximum Gasteiger partial charge on any atom is 0.276 e. The summed E-state index contributed by atoms with van der Waals surface area (Å²) >= 11 is 0. The molecule has 4 heterocycles. The third kappa shape index (κ3) is 3.34. The first kappa shape index (κ1) is 19.7. The summed E-state index contributed by atoms with van der Waals surface area (Å²) in [6.45, 7) is 9.21. The fraction of sp³-hybridized carbons (Fsp3) is 0.619. The summed E-state index contributed by atoms with van der Waals surface area (Å²) in [4.78, 5) is 46.4. The molecule has 156 valence electrons. The van der Waals surface area contributed by atoms with Crippen molar-refractivity contribution < 1.29 is 9.59 Å². The van der Waals surface area contributed by atoms with E-state index in [1.165, 1.54) is 4.52 Å². The average molecular weight is 399 g/mol. The number of carbonyl (C=O) groups is 2. The standard InChI is InChI=1S/C21H29N5O3/c1-5-18(27)25-9-6-7-16(25)14-11-17-22-15-12-24(20(29)21(2,3)4)10-8-13(15)19(28)26(17)23-14/h11,16,23H,5-10,12H2,1-4H3/t16-/m1/s1. The van der Waals surface area contributed by atoms with E-state index in [0.717, 1.165) is 25.1 Å².